The molecule has 2 heteroatoms. The molecule has 0 saturated carbocycles. The van der Waals surface area contributed by atoms with E-state index in [-0.39, 0.29) is 6.10 Å². The van der Waals surface area contributed by atoms with Gasteiger partial charge in [0.05, 0.1) is 6.10 Å². The van der Waals surface area contributed by atoms with Crippen molar-refractivity contribution in [3.63, 3.8) is 0 Å². The summed E-state index contributed by atoms with van der Waals surface area (Å²) in [5.41, 5.74) is 7.92. The first-order valence-corrected chi connectivity index (χ1v) is 5.00. The summed E-state index contributed by atoms with van der Waals surface area (Å²) in [7, 11) is 1.75. The van der Waals surface area contributed by atoms with Crippen LogP contribution in [-0.2, 0) is 11.3 Å². The Hall–Kier alpha value is -0.860. The Morgan fingerprint density at radius 3 is 2.14 bits per heavy atom. The van der Waals surface area contributed by atoms with Gasteiger partial charge in [0, 0.05) is 13.7 Å². The maximum Gasteiger partial charge on any atom is 0.0844 e. The Balaban J connectivity index is 2.84. The molecule has 78 valence electrons. The lowest BCUT2D eigenvalue weighted by molar-refractivity contribution is 0.0646. The second-order valence-corrected chi connectivity index (χ2v) is 3.85. The highest BCUT2D eigenvalue weighted by atomic mass is 16.5. The lowest BCUT2D eigenvalue weighted by atomic mass is 9.98. The summed E-state index contributed by atoms with van der Waals surface area (Å²) in [6.45, 7) is 4.91. The lowest BCUT2D eigenvalue weighted by Crippen LogP contribution is -2.09. The fraction of sp³-hybridized carbons (Fsp3) is 0.500. The van der Waals surface area contributed by atoms with Crippen LogP contribution in [0.25, 0.3) is 0 Å². The summed E-state index contributed by atoms with van der Waals surface area (Å²) in [6, 6.07) is 8.31. The fourth-order valence-electron chi connectivity index (χ4n) is 1.64. The van der Waals surface area contributed by atoms with Crippen LogP contribution < -0.4 is 5.73 Å². The zero-order valence-electron chi connectivity index (χ0n) is 9.16. The molecule has 0 spiro atoms. The topological polar surface area (TPSA) is 35.2 Å². The van der Waals surface area contributed by atoms with Gasteiger partial charge < -0.3 is 10.5 Å². The highest BCUT2D eigenvalue weighted by molar-refractivity contribution is 5.24. The van der Waals surface area contributed by atoms with E-state index in [0.29, 0.717) is 12.5 Å². The molecule has 1 atom stereocenters. The first-order valence-electron chi connectivity index (χ1n) is 5.00. The summed E-state index contributed by atoms with van der Waals surface area (Å²) in [5, 5.41) is 0. The van der Waals surface area contributed by atoms with Gasteiger partial charge >= 0.3 is 0 Å². The normalized spacial score (nSPS) is 13.2. The Kier molecular flexibility index (Phi) is 4.11. The number of hydrogen-bond acceptors (Lipinski definition) is 2. The van der Waals surface area contributed by atoms with Crippen LogP contribution in [0, 0.1) is 5.92 Å². The third-order valence-electron chi connectivity index (χ3n) is 2.40. The lowest BCUT2D eigenvalue weighted by Gasteiger charge is -2.19. The zero-order valence-corrected chi connectivity index (χ0v) is 9.16. The molecule has 0 aliphatic carbocycles. The summed E-state index contributed by atoms with van der Waals surface area (Å²) in [5.74, 6) is 0.490. The Morgan fingerprint density at radius 1 is 1.21 bits per heavy atom. The van der Waals surface area contributed by atoms with Gasteiger partial charge in [-0.15, -0.1) is 0 Å². The Morgan fingerprint density at radius 2 is 1.79 bits per heavy atom. The molecule has 1 aromatic rings. The number of nitrogens with two attached hydrogens (primary N) is 1. The molecule has 0 heterocycles. The first kappa shape index (κ1) is 11.2. The number of benzene rings is 1. The van der Waals surface area contributed by atoms with Crippen LogP contribution in [-0.4, -0.2) is 7.11 Å². The molecule has 2 nitrogen and oxygen atoms in total. The van der Waals surface area contributed by atoms with Gasteiger partial charge in [-0.25, -0.2) is 0 Å². The molecule has 2 N–H and O–H groups in total. The third-order valence-corrected chi connectivity index (χ3v) is 2.40. The van der Waals surface area contributed by atoms with Crippen molar-refractivity contribution >= 4 is 0 Å². The van der Waals surface area contributed by atoms with Gasteiger partial charge in [0.1, 0.15) is 0 Å². The van der Waals surface area contributed by atoms with E-state index < -0.39 is 0 Å². The molecule has 0 aliphatic rings. The molecule has 0 aromatic heterocycles. The van der Waals surface area contributed by atoms with Crippen LogP contribution in [0.1, 0.15) is 31.1 Å². The maximum absolute atomic E-state index is 5.54. The van der Waals surface area contributed by atoms with Crippen molar-refractivity contribution in [2.75, 3.05) is 7.11 Å². The number of rotatable bonds is 4. The van der Waals surface area contributed by atoms with E-state index in [9.17, 15) is 0 Å². The van der Waals surface area contributed by atoms with E-state index in [4.69, 9.17) is 10.5 Å². The van der Waals surface area contributed by atoms with Crippen molar-refractivity contribution in [1.29, 1.82) is 0 Å². The van der Waals surface area contributed by atoms with Crippen LogP contribution in [0.4, 0.5) is 0 Å². The van der Waals surface area contributed by atoms with E-state index in [0.717, 1.165) is 5.56 Å². The van der Waals surface area contributed by atoms with Crippen molar-refractivity contribution in [3.8, 4) is 0 Å². The smallest absolute Gasteiger partial charge is 0.0844 e. The van der Waals surface area contributed by atoms with Gasteiger partial charge in [-0.05, 0) is 17.0 Å². The third kappa shape index (κ3) is 2.56. The minimum absolute atomic E-state index is 0.182. The molecule has 1 unspecified atom stereocenters. The van der Waals surface area contributed by atoms with E-state index >= 15 is 0 Å². The monoisotopic (exact) mass is 193 g/mol. The van der Waals surface area contributed by atoms with E-state index in [1.54, 1.807) is 7.11 Å². The van der Waals surface area contributed by atoms with Crippen LogP contribution in [0.3, 0.4) is 0 Å². The van der Waals surface area contributed by atoms with Crippen molar-refractivity contribution < 1.29 is 4.74 Å². The van der Waals surface area contributed by atoms with Gasteiger partial charge in [0.15, 0.2) is 0 Å². The second kappa shape index (κ2) is 5.13. The number of hydrogen-bond donors (Lipinski definition) is 1. The van der Waals surface area contributed by atoms with Crippen LogP contribution in [0.5, 0.6) is 0 Å². The molecule has 14 heavy (non-hydrogen) atoms. The highest BCUT2D eigenvalue weighted by Gasteiger charge is 2.13. The van der Waals surface area contributed by atoms with Gasteiger partial charge in [0.2, 0.25) is 0 Å². The molecule has 0 amide bonds. The average molecular weight is 193 g/mol. The molecular weight excluding hydrogens is 174 g/mol. The SMILES string of the molecule is COC(c1ccc(CN)cc1)C(C)C. The quantitative estimate of drug-likeness (QED) is 0.797. The van der Waals surface area contributed by atoms with Gasteiger partial charge in [-0.1, -0.05) is 38.1 Å². The van der Waals surface area contributed by atoms with Gasteiger partial charge in [0.25, 0.3) is 0 Å². The predicted molar refractivity (Wildman–Crippen MR) is 58.9 cm³/mol. The van der Waals surface area contributed by atoms with Gasteiger partial charge in [-0.3, -0.25) is 0 Å². The summed E-state index contributed by atoms with van der Waals surface area (Å²) in [4.78, 5) is 0. The van der Waals surface area contributed by atoms with E-state index in [1.807, 2.05) is 0 Å². The Bertz CT molecular complexity index is 266. The van der Waals surface area contributed by atoms with E-state index in [1.165, 1.54) is 5.56 Å². The maximum atomic E-state index is 5.54. The van der Waals surface area contributed by atoms with E-state index in [2.05, 4.69) is 38.1 Å². The molecule has 0 radical (unpaired) electrons. The minimum Gasteiger partial charge on any atom is -0.376 e. The average Bonchev–Trinajstić information content (AvgIpc) is 2.19. The van der Waals surface area contributed by atoms with Crippen LogP contribution in [0.2, 0.25) is 0 Å². The highest BCUT2D eigenvalue weighted by Crippen LogP contribution is 2.24. The molecule has 0 saturated heterocycles. The fourth-order valence-corrected chi connectivity index (χ4v) is 1.64. The largest absolute Gasteiger partial charge is 0.376 e. The molecule has 1 rings (SSSR count). The van der Waals surface area contributed by atoms with Crippen molar-refractivity contribution in [2.24, 2.45) is 11.7 Å². The van der Waals surface area contributed by atoms with Crippen LogP contribution in [0.15, 0.2) is 24.3 Å². The summed E-state index contributed by atoms with van der Waals surface area (Å²) in [6.07, 6.45) is 0.182. The molecule has 0 aliphatic heterocycles. The zero-order chi connectivity index (χ0) is 10.6. The molecular formula is C12H19NO. The predicted octanol–water partition coefficient (Wildman–Crippen LogP) is 2.49. The molecule has 0 fully saturated rings. The summed E-state index contributed by atoms with van der Waals surface area (Å²) < 4.78 is 5.44. The minimum atomic E-state index is 0.182. The summed E-state index contributed by atoms with van der Waals surface area (Å²) >= 11 is 0. The number of methoxy groups -OCH3 is 1. The van der Waals surface area contributed by atoms with Crippen molar-refractivity contribution in [2.45, 2.75) is 26.5 Å². The molecule has 1 aromatic carbocycles. The van der Waals surface area contributed by atoms with Crippen molar-refractivity contribution in [3.05, 3.63) is 35.4 Å². The van der Waals surface area contributed by atoms with Crippen LogP contribution >= 0.6 is 0 Å². The van der Waals surface area contributed by atoms with Gasteiger partial charge in [-0.2, -0.15) is 0 Å². The number of ether oxygens (including phenoxy) is 1. The first-order chi connectivity index (χ1) is 6.69. The van der Waals surface area contributed by atoms with Crippen molar-refractivity contribution in [1.82, 2.24) is 0 Å². The Labute approximate surface area is 86.1 Å². The molecule has 0 bridgehead atoms. The standard InChI is InChI=1S/C12H19NO/c1-9(2)12(14-3)11-6-4-10(8-13)5-7-11/h4-7,9,12H,8,13H2,1-3H3. The second-order valence-electron chi connectivity index (χ2n) is 3.85.